The summed E-state index contributed by atoms with van der Waals surface area (Å²) in [6.07, 6.45) is 10.5. The number of allylic oxidation sites excluding steroid dienone is 2. The van der Waals surface area contributed by atoms with Gasteiger partial charge >= 0.3 is 11.9 Å². The van der Waals surface area contributed by atoms with Crippen molar-refractivity contribution >= 4 is 17.7 Å². The van der Waals surface area contributed by atoms with Crippen molar-refractivity contribution in [3.8, 4) is 17.7 Å². The Morgan fingerprint density at radius 1 is 1.00 bits per heavy atom. The lowest BCUT2D eigenvalue weighted by Crippen LogP contribution is -2.66. The van der Waals surface area contributed by atoms with Crippen LogP contribution in [0.1, 0.15) is 138 Å². The second-order valence-electron chi connectivity index (χ2n) is 20.2. The molecule has 5 aliphatic carbocycles. The SMILES string of the molecule is CC(C)C1=C2[C@H]3CC[C@@H]4[C@@]5(C)CC[C@H](OC(=O)CC(C)(C)C(=O)O)C(C)(C)[C@@H]5CC[C@@]4(C)[C@]3(C)CC[C@@]2(c2nnc(-c3ncc(C#N)cn3)n2CCN)CC1=O. The summed E-state index contributed by atoms with van der Waals surface area (Å²) in [6, 6.07) is 2.08. The van der Waals surface area contributed by atoms with E-state index in [1.165, 1.54) is 18.0 Å². The number of hydrogen-bond acceptors (Lipinski definition) is 10. The van der Waals surface area contributed by atoms with Gasteiger partial charge < -0.3 is 20.1 Å². The van der Waals surface area contributed by atoms with Crippen LogP contribution in [0.3, 0.4) is 0 Å². The van der Waals surface area contributed by atoms with Gasteiger partial charge in [0, 0.05) is 37.3 Å². The fourth-order valence-corrected chi connectivity index (χ4v) is 13.4. The van der Waals surface area contributed by atoms with Gasteiger partial charge in [0.25, 0.3) is 0 Å². The number of aromatic nitrogens is 5. The van der Waals surface area contributed by atoms with E-state index >= 15 is 0 Å². The summed E-state index contributed by atoms with van der Waals surface area (Å²) in [7, 11) is 0. The second-order valence-corrected chi connectivity index (χ2v) is 20.2. The van der Waals surface area contributed by atoms with Gasteiger partial charge in [-0.1, -0.05) is 48.5 Å². The second kappa shape index (κ2) is 13.6. The van der Waals surface area contributed by atoms with Gasteiger partial charge in [0.05, 0.1) is 22.8 Å². The number of nitriles is 1. The number of carbonyl (C=O) groups is 3. The van der Waals surface area contributed by atoms with Crippen LogP contribution < -0.4 is 5.73 Å². The van der Waals surface area contributed by atoms with Crippen molar-refractivity contribution in [2.24, 2.45) is 56.5 Å². The number of hydrogen-bond donors (Lipinski definition) is 2. The Labute approximate surface area is 331 Å². The predicted octanol–water partition coefficient (Wildman–Crippen LogP) is 7.21. The average molecular weight is 768 g/mol. The molecule has 2 aromatic heterocycles. The molecule has 2 heterocycles. The Kier molecular flexibility index (Phi) is 9.74. The van der Waals surface area contributed by atoms with Crippen LogP contribution in [0.15, 0.2) is 23.5 Å². The first-order valence-corrected chi connectivity index (χ1v) is 20.8. The van der Waals surface area contributed by atoms with E-state index in [4.69, 9.17) is 15.6 Å². The number of ketones is 1. The molecule has 0 bridgehead atoms. The number of carboxylic acids is 1. The van der Waals surface area contributed by atoms with E-state index in [-0.39, 0.29) is 51.8 Å². The van der Waals surface area contributed by atoms with Gasteiger partial charge in [-0.25, -0.2) is 9.97 Å². The normalized spacial score (nSPS) is 34.9. The zero-order chi connectivity index (χ0) is 40.8. The fraction of sp³-hybridized carbons (Fsp3) is 0.727. The van der Waals surface area contributed by atoms with Gasteiger partial charge in [-0.2, -0.15) is 5.26 Å². The van der Waals surface area contributed by atoms with Crippen LogP contribution in [0.5, 0.6) is 0 Å². The Hall–Kier alpha value is -3.98. The van der Waals surface area contributed by atoms with Gasteiger partial charge in [0.1, 0.15) is 18.0 Å². The quantitative estimate of drug-likeness (QED) is 0.246. The maximum atomic E-state index is 14.4. The number of carbonyl (C=O) groups excluding carboxylic acids is 2. The molecule has 12 heteroatoms. The maximum Gasteiger partial charge on any atom is 0.309 e. The number of nitrogens with zero attached hydrogens (tertiary/aromatic N) is 6. The molecule has 0 aromatic carbocycles. The molecular weight excluding hydrogens is 707 g/mol. The van der Waals surface area contributed by atoms with Gasteiger partial charge in [0.15, 0.2) is 11.6 Å². The molecule has 0 amide bonds. The number of Topliss-reactive ketones (excluding diaryl/α,β-unsaturated/α-hetero) is 1. The molecule has 302 valence electrons. The third-order valence-corrected chi connectivity index (χ3v) is 16.3. The lowest BCUT2D eigenvalue weighted by molar-refractivity contribution is -0.232. The highest BCUT2D eigenvalue weighted by molar-refractivity contribution is 6.01. The Morgan fingerprint density at radius 3 is 2.32 bits per heavy atom. The molecule has 56 heavy (non-hydrogen) atoms. The minimum atomic E-state index is -1.18. The summed E-state index contributed by atoms with van der Waals surface area (Å²) in [5.74, 6) is 1.47. The lowest BCUT2D eigenvalue weighted by atomic mass is 9.33. The van der Waals surface area contributed by atoms with Crippen molar-refractivity contribution in [2.45, 2.75) is 145 Å². The van der Waals surface area contributed by atoms with Crippen LogP contribution in [-0.4, -0.2) is 60.2 Å². The average Bonchev–Trinajstić information content (AvgIpc) is 3.68. The zero-order valence-electron chi connectivity index (χ0n) is 34.9. The molecule has 0 saturated heterocycles. The molecule has 4 saturated carbocycles. The molecule has 12 nitrogen and oxygen atoms in total. The van der Waals surface area contributed by atoms with E-state index < -0.39 is 22.8 Å². The summed E-state index contributed by atoms with van der Waals surface area (Å²) >= 11 is 0. The highest BCUT2D eigenvalue weighted by atomic mass is 16.5. The Balaban J connectivity index is 1.24. The molecular formula is C44H61N7O5. The van der Waals surface area contributed by atoms with E-state index in [0.717, 1.165) is 62.8 Å². The third kappa shape index (κ3) is 5.72. The number of ether oxygens (including phenoxy) is 1. The highest BCUT2D eigenvalue weighted by Gasteiger charge is 2.71. The van der Waals surface area contributed by atoms with E-state index in [2.05, 4.69) is 69.6 Å². The summed E-state index contributed by atoms with van der Waals surface area (Å²) in [5, 5.41) is 28.5. The van der Waals surface area contributed by atoms with Crippen LogP contribution in [0.2, 0.25) is 0 Å². The van der Waals surface area contributed by atoms with Crippen molar-refractivity contribution in [3.63, 3.8) is 0 Å². The first-order chi connectivity index (χ1) is 26.2. The number of nitrogens with two attached hydrogens (primary N) is 1. The Bertz CT molecular complexity index is 2010. The first kappa shape index (κ1) is 40.2. The van der Waals surface area contributed by atoms with Gasteiger partial charge in [-0.3, -0.25) is 14.4 Å². The van der Waals surface area contributed by atoms with Crippen LogP contribution in [-0.2, 0) is 31.1 Å². The predicted molar refractivity (Wildman–Crippen MR) is 209 cm³/mol. The van der Waals surface area contributed by atoms with Crippen LogP contribution in [0.25, 0.3) is 11.6 Å². The van der Waals surface area contributed by atoms with Crippen molar-refractivity contribution in [1.82, 2.24) is 24.7 Å². The van der Waals surface area contributed by atoms with E-state index in [9.17, 15) is 24.8 Å². The van der Waals surface area contributed by atoms with Crippen molar-refractivity contribution < 1.29 is 24.2 Å². The molecule has 4 fully saturated rings. The number of fused-ring (bicyclic) bond motifs is 7. The maximum absolute atomic E-state index is 14.4. The van der Waals surface area contributed by atoms with E-state index in [1.807, 2.05) is 4.57 Å². The summed E-state index contributed by atoms with van der Waals surface area (Å²) in [6.45, 7) is 20.4. The molecule has 2 aromatic rings. The van der Waals surface area contributed by atoms with Crippen molar-refractivity contribution in [1.29, 1.82) is 5.26 Å². The fourth-order valence-electron chi connectivity index (χ4n) is 13.4. The Morgan fingerprint density at radius 2 is 1.70 bits per heavy atom. The minimum absolute atomic E-state index is 0.00553. The monoisotopic (exact) mass is 767 g/mol. The van der Waals surface area contributed by atoms with Gasteiger partial charge in [-0.15, -0.1) is 10.2 Å². The summed E-state index contributed by atoms with van der Waals surface area (Å²) in [5.41, 5.74) is 6.75. The number of carboxylic acid groups (broad SMARTS) is 1. The molecule has 5 aliphatic rings. The van der Waals surface area contributed by atoms with Crippen LogP contribution in [0.4, 0.5) is 0 Å². The van der Waals surface area contributed by atoms with E-state index in [0.29, 0.717) is 48.6 Å². The number of rotatable bonds is 9. The lowest BCUT2D eigenvalue weighted by Gasteiger charge is -2.72. The topological polar surface area (TPSA) is 187 Å². The molecule has 8 atom stereocenters. The smallest absolute Gasteiger partial charge is 0.309 e. The summed E-state index contributed by atoms with van der Waals surface area (Å²) in [4.78, 5) is 48.2. The standard InChI is InChI=1S/C44H61N7O5/c1-25(2)33-28(52)20-44(37-50-49-36(51(37)19-18-45)35-47-23-26(22-46)24-48-35)17-16-42(8)27(34(33)44)10-11-30-41(7)14-13-31(56-32(53)21-39(3,4)38(54)55)40(5,6)29(41)12-15-43(30,42)9/h23-25,27,29-31H,10-21,45H2,1-9H3,(H,54,55)/t27-,29+,30-,31+,41+,42-,43-,44-/m1/s1. The molecule has 0 aliphatic heterocycles. The van der Waals surface area contributed by atoms with Crippen molar-refractivity contribution in [3.05, 3.63) is 34.9 Å². The van der Waals surface area contributed by atoms with Gasteiger partial charge in [-0.05, 0) is 116 Å². The summed E-state index contributed by atoms with van der Waals surface area (Å²) < 4.78 is 8.22. The largest absolute Gasteiger partial charge is 0.481 e. The van der Waals surface area contributed by atoms with Crippen LogP contribution >= 0.6 is 0 Å². The third-order valence-electron chi connectivity index (χ3n) is 16.3. The molecule has 0 spiro atoms. The zero-order valence-corrected chi connectivity index (χ0v) is 34.9. The number of esters is 1. The molecule has 3 N–H and O–H groups in total. The minimum Gasteiger partial charge on any atom is -0.481 e. The highest BCUT2D eigenvalue weighted by Crippen LogP contribution is 2.76. The van der Waals surface area contributed by atoms with E-state index in [1.54, 1.807) is 13.8 Å². The van der Waals surface area contributed by atoms with Crippen molar-refractivity contribution in [2.75, 3.05) is 6.54 Å². The molecule has 7 rings (SSSR count). The molecule has 0 unspecified atom stereocenters. The van der Waals surface area contributed by atoms with Gasteiger partial charge in [0.2, 0.25) is 5.82 Å². The number of aliphatic carboxylic acids is 1. The molecule has 0 radical (unpaired) electrons. The van der Waals surface area contributed by atoms with Crippen LogP contribution in [0, 0.1) is 62.1 Å². The first-order valence-electron chi connectivity index (χ1n) is 20.8.